The number of carbonyl (C=O) groups excluding carboxylic acids is 1. The molecule has 0 aliphatic rings. The molecule has 3 heterocycles. The second-order valence-electron chi connectivity index (χ2n) is 6.94. The van der Waals surface area contributed by atoms with E-state index in [1.54, 1.807) is 37.0 Å². The first-order valence-electron chi connectivity index (χ1n) is 9.92. The number of hydrogen-bond donors (Lipinski definition) is 1. The van der Waals surface area contributed by atoms with Gasteiger partial charge in [-0.25, -0.2) is 0 Å². The van der Waals surface area contributed by atoms with Crippen molar-refractivity contribution in [3.63, 3.8) is 0 Å². The van der Waals surface area contributed by atoms with E-state index in [1.807, 2.05) is 22.8 Å². The fourth-order valence-corrected chi connectivity index (χ4v) is 4.36. The topological polar surface area (TPSA) is 99.8 Å². The van der Waals surface area contributed by atoms with Crippen molar-refractivity contribution in [1.82, 2.24) is 19.2 Å². The van der Waals surface area contributed by atoms with Gasteiger partial charge in [-0.05, 0) is 24.8 Å². The molecular formula is C21H23N5O4S. The van der Waals surface area contributed by atoms with Crippen molar-refractivity contribution in [2.45, 2.75) is 32.7 Å². The lowest BCUT2D eigenvalue weighted by atomic mass is 10.2. The zero-order valence-corrected chi connectivity index (χ0v) is 18.4. The van der Waals surface area contributed by atoms with Gasteiger partial charge in [0.05, 0.1) is 19.7 Å². The van der Waals surface area contributed by atoms with E-state index in [0.717, 1.165) is 11.3 Å². The molecule has 1 N–H and O–H groups in total. The predicted molar refractivity (Wildman–Crippen MR) is 119 cm³/mol. The van der Waals surface area contributed by atoms with Gasteiger partial charge >= 0.3 is 0 Å². The van der Waals surface area contributed by atoms with Gasteiger partial charge in [0.15, 0.2) is 0 Å². The number of nitrogens with zero attached hydrogens (tertiary/aromatic N) is 4. The van der Waals surface area contributed by atoms with Crippen LogP contribution in [-0.4, -0.2) is 39.3 Å². The number of hydrogen-bond acceptors (Lipinski definition) is 7. The maximum Gasteiger partial charge on any atom is 0.272 e. The molecule has 162 valence electrons. The Morgan fingerprint density at radius 1 is 1.16 bits per heavy atom. The van der Waals surface area contributed by atoms with Gasteiger partial charge in [-0.2, -0.15) is 0 Å². The number of ether oxygens (including phenoxy) is 2. The summed E-state index contributed by atoms with van der Waals surface area (Å²) in [5, 5.41) is 13.3. The second-order valence-corrected chi connectivity index (χ2v) is 7.86. The first kappa shape index (κ1) is 20.9. The number of benzene rings is 1. The Bertz CT molecular complexity index is 1280. The number of aryl methyl sites for hydroxylation is 2. The summed E-state index contributed by atoms with van der Waals surface area (Å²) in [6.07, 6.45) is 1.46. The minimum absolute atomic E-state index is 0.0490. The van der Waals surface area contributed by atoms with Gasteiger partial charge in [-0.1, -0.05) is 0 Å². The highest BCUT2D eigenvalue weighted by atomic mass is 32.1. The minimum Gasteiger partial charge on any atom is -0.497 e. The molecule has 0 bridgehead atoms. The summed E-state index contributed by atoms with van der Waals surface area (Å²) in [6, 6.07) is 7.13. The van der Waals surface area contributed by atoms with Crippen LogP contribution in [0.1, 0.15) is 25.6 Å². The average Bonchev–Trinajstić information content (AvgIpc) is 3.41. The van der Waals surface area contributed by atoms with Crippen LogP contribution in [0.4, 0.5) is 5.69 Å². The van der Waals surface area contributed by atoms with E-state index in [9.17, 15) is 9.59 Å². The van der Waals surface area contributed by atoms with E-state index in [4.69, 9.17) is 9.47 Å². The van der Waals surface area contributed by atoms with Crippen molar-refractivity contribution in [1.29, 1.82) is 0 Å². The van der Waals surface area contributed by atoms with Gasteiger partial charge in [-0.3, -0.25) is 18.6 Å². The quantitative estimate of drug-likeness (QED) is 0.451. The summed E-state index contributed by atoms with van der Waals surface area (Å²) in [5.41, 5.74) is 1.37. The van der Waals surface area contributed by atoms with Crippen LogP contribution in [-0.2, 0) is 17.8 Å². The van der Waals surface area contributed by atoms with Crippen molar-refractivity contribution in [2.24, 2.45) is 0 Å². The lowest BCUT2D eigenvalue weighted by Crippen LogP contribution is -2.21. The molecule has 10 heteroatoms. The molecule has 9 nitrogen and oxygen atoms in total. The second kappa shape index (κ2) is 8.76. The minimum atomic E-state index is -0.115. The van der Waals surface area contributed by atoms with Crippen LogP contribution in [0.3, 0.4) is 0 Å². The molecule has 0 fully saturated rings. The molecule has 3 aromatic heterocycles. The fraction of sp³-hybridized carbons (Fsp3) is 0.333. The number of methoxy groups -OCH3 is 2. The molecule has 0 radical (unpaired) electrons. The fourth-order valence-electron chi connectivity index (χ4n) is 3.54. The van der Waals surface area contributed by atoms with Crippen molar-refractivity contribution < 1.29 is 14.3 Å². The Hall–Kier alpha value is -3.40. The molecule has 1 aromatic carbocycles. The van der Waals surface area contributed by atoms with Gasteiger partial charge in [0.2, 0.25) is 11.7 Å². The Kier molecular flexibility index (Phi) is 5.90. The van der Waals surface area contributed by atoms with Gasteiger partial charge in [-0.15, -0.1) is 21.5 Å². The van der Waals surface area contributed by atoms with E-state index < -0.39 is 0 Å². The third-order valence-electron chi connectivity index (χ3n) is 5.03. The molecule has 0 unspecified atom stereocenters. The Balaban J connectivity index is 1.49. The SMILES string of the molecule is CCn1c(=O)c2sccc2n2c(CCCC(=O)Nc3cc(OC)cc(OC)c3)nnc12. The summed E-state index contributed by atoms with van der Waals surface area (Å²) < 4.78 is 14.7. The summed E-state index contributed by atoms with van der Waals surface area (Å²) in [5.74, 6) is 2.35. The lowest BCUT2D eigenvalue weighted by Gasteiger charge is -2.10. The highest BCUT2D eigenvalue weighted by Gasteiger charge is 2.17. The predicted octanol–water partition coefficient (Wildman–Crippen LogP) is 3.10. The average molecular weight is 442 g/mol. The molecule has 31 heavy (non-hydrogen) atoms. The highest BCUT2D eigenvalue weighted by molar-refractivity contribution is 7.17. The first-order valence-corrected chi connectivity index (χ1v) is 10.8. The summed E-state index contributed by atoms with van der Waals surface area (Å²) >= 11 is 1.41. The smallest absolute Gasteiger partial charge is 0.272 e. The summed E-state index contributed by atoms with van der Waals surface area (Å²) in [4.78, 5) is 25.1. The Morgan fingerprint density at radius 3 is 2.58 bits per heavy atom. The van der Waals surface area contributed by atoms with Crippen molar-refractivity contribution in [3.8, 4) is 11.5 Å². The first-order chi connectivity index (χ1) is 15.0. The van der Waals surface area contributed by atoms with Crippen LogP contribution in [0, 0.1) is 0 Å². The van der Waals surface area contributed by atoms with E-state index in [2.05, 4.69) is 15.5 Å². The standard InChI is InChI=1S/C21H23N5O4S/c1-4-25-20(28)19-16(8-9-31-19)26-17(23-24-21(25)26)6-5-7-18(27)22-13-10-14(29-2)12-15(11-13)30-3/h8-12H,4-7H2,1-3H3,(H,22,27). The van der Waals surface area contributed by atoms with Crippen LogP contribution < -0.4 is 20.3 Å². The molecule has 0 saturated carbocycles. The molecule has 4 rings (SSSR count). The number of rotatable bonds is 8. The summed E-state index contributed by atoms with van der Waals surface area (Å²) in [6.45, 7) is 2.42. The molecule has 0 atom stereocenters. The highest BCUT2D eigenvalue weighted by Crippen LogP contribution is 2.26. The zero-order chi connectivity index (χ0) is 22.0. The molecule has 0 aliphatic heterocycles. The number of amides is 1. The normalized spacial score (nSPS) is 11.2. The summed E-state index contributed by atoms with van der Waals surface area (Å²) in [7, 11) is 3.12. The monoisotopic (exact) mass is 441 g/mol. The van der Waals surface area contributed by atoms with Crippen molar-refractivity contribution in [3.05, 3.63) is 45.8 Å². The van der Waals surface area contributed by atoms with Gasteiger partial charge in [0.25, 0.3) is 5.56 Å². The molecule has 1 amide bonds. The van der Waals surface area contributed by atoms with E-state index in [0.29, 0.717) is 53.5 Å². The molecular weight excluding hydrogens is 418 g/mol. The van der Waals surface area contributed by atoms with Crippen LogP contribution >= 0.6 is 11.3 Å². The zero-order valence-electron chi connectivity index (χ0n) is 17.5. The molecule has 0 saturated heterocycles. The largest absolute Gasteiger partial charge is 0.497 e. The number of anilines is 1. The Labute approximate surface area is 182 Å². The maximum absolute atomic E-state index is 12.6. The van der Waals surface area contributed by atoms with Gasteiger partial charge in [0, 0.05) is 43.3 Å². The van der Waals surface area contributed by atoms with E-state index in [1.165, 1.54) is 11.3 Å². The van der Waals surface area contributed by atoms with Crippen LogP contribution in [0.5, 0.6) is 11.5 Å². The van der Waals surface area contributed by atoms with Gasteiger partial charge < -0.3 is 14.8 Å². The Morgan fingerprint density at radius 2 is 1.90 bits per heavy atom. The van der Waals surface area contributed by atoms with Crippen LogP contribution in [0.25, 0.3) is 16.0 Å². The number of thiophene rings is 1. The van der Waals surface area contributed by atoms with E-state index in [-0.39, 0.29) is 11.5 Å². The molecule has 0 spiro atoms. The number of carbonyl (C=O) groups is 1. The van der Waals surface area contributed by atoms with E-state index >= 15 is 0 Å². The van der Waals surface area contributed by atoms with Crippen molar-refractivity contribution >= 4 is 38.9 Å². The maximum atomic E-state index is 12.6. The third-order valence-corrected chi connectivity index (χ3v) is 5.93. The van der Waals surface area contributed by atoms with Crippen LogP contribution in [0.15, 0.2) is 34.4 Å². The lowest BCUT2D eigenvalue weighted by molar-refractivity contribution is -0.116. The number of fused-ring (bicyclic) bond motifs is 3. The molecule has 4 aromatic rings. The van der Waals surface area contributed by atoms with Gasteiger partial charge in [0.1, 0.15) is 22.0 Å². The van der Waals surface area contributed by atoms with Crippen LogP contribution in [0.2, 0.25) is 0 Å². The number of aromatic nitrogens is 4. The third kappa shape index (κ3) is 3.98. The number of nitrogens with one attached hydrogen (secondary N) is 1. The van der Waals surface area contributed by atoms with Crippen molar-refractivity contribution in [2.75, 3.05) is 19.5 Å². The molecule has 0 aliphatic carbocycles.